The Kier molecular flexibility index (Phi) is 5.33. The number of aromatic amines is 1. The van der Waals surface area contributed by atoms with Crippen LogP contribution >= 0.6 is 0 Å². The van der Waals surface area contributed by atoms with Crippen LogP contribution in [0.1, 0.15) is 46.3 Å². The third kappa shape index (κ3) is 3.82. The fraction of sp³-hybridized carbons (Fsp3) is 0.632. The van der Waals surface area contributed by atoms with Gasteiger partial charge in [0.25, 0.3) is 5.56 Å². The number of fused-ring (bicyclic) bond motifs is 1. The zero-order chi connectivity index (χ0) is 22.4. The summed E-state index contributed by atoms with van der Waals surface area (Å²) in [5, 5.41) is 0. The fourth-order valence-electron chi connectivity index (χ4n) is 4.05. The minimum atomic E-state index is -1.15. The quantitative estimate of drug-likeness (QED) is 0.597. The summed E-state index contributed by atoms with van der Waals surface area (Å²) in [4.78, 5) is 56.2. The van der Waals surface area contributed by atoms with Crippen LogP contribution in [-0.2, 0) is 30.3 Å². The first kappa shape index (κ1) is 21.1. The molecular weight excluding hydrogens is 410 g/mol. The number of imidazole rings is 1. The van der Waals surface area contributed by atoms with E-state index in [9.17, 15) is 19.2 Å². The molecule has 2 aromatic heterocycles. The molecule has 1 saturated heterocycles. The predicted molar refractivity (Wildman–Crippen MR) is 107 cm³/mol. The van der Waals surface area contributed by atoms with Crippen molar-refractivity contribution in [3.8, 4) is 0 Å². The minimum absolute atomic E-state index is 0.0207. The van der Waals surface area contributed by atoms with Crippen molar-refractivity contribution < 1.29 is 23.8 Å². The van der Waals surface area contributed by atoms with Crippen molar-refractivity contribution >= 4 is 29.1 Å². The number of nitrogen functional groups attached to an aromatic ring is 1. The maximum absolute atomic E-state index is 13.4. The van der Waals surface area contributed by atoms with Gasteiger partial charge in [-0.2, -0.15) is 4.98 Å². The SMILES string of the molecule is CC[C@H]1O[C@@H](n2c(=O)n(CC3CC3)c3c(=O)[nH]c(N)nc32)[C@H](OC(C)=O)[C@H]1OC(C)=O. The van der Waals surface area contributed by atoms with E-state index >= 15 is 0 Å². The number of nitrogens with two attached hydrogens (primary N) is 1. The molecule has 1 aliphatic heterocycles. The molecule has 3 heterocycles. The second-order valence-electron chi connectivity index (χ2n) is 7.95. The molecule has 1 aliphatic carbocycles. The van der Waals surface area contributed by atoms with Gasteiger partial charge in [-0.25, -0.2) is 9.36 Å². The van der Waals surface area contributed by atoms with E-state index < -0.39 is 47.7 Å². The molecule has 4 rings (SSSR count). The number of nitrogens with one attached hydrogen (secondary N) is 1. The highest BCUT2D eigenvalue weighted by Gasteiger charge is 2.50. The molecule has 2 aromatic rings. The van der Waals surface area contributed by atoms with Crippen molar-refractivity contribution in [3.63, 3.8) is 0 Å². The first-order chi connectivity index (χ1) is 14.7. The van der Waals surface area contributed by atoms with Gasteiger partial charge in [0.1, 0.15) is 6.10 Å². The number of aromatic nitrogens is 4. The van der Waals surface area contributed by atoms with Crippen molar-refractivity contribution in [2.45, 2.75) is 71.1 Å². The summed E-state index contributed by atoms with van der Waals surface area (Å²) < 4.78 is 19.4. The second-order valence-corrected chi connectivity index (χ2v) is 7.95. The van der Waals surface area contributed by atoms with Crippen molar-refractivity contribution in [3.05, 3.63) is 20.8 Å². The van der Waals surface area contributed by atoms with Gasteiger partial charge in [-0.15, -0.1) is 0 Å². The normalized spacial score (nSPS) is 25.6. The average Bonchev–Trinajstić information content (AvgIpc) is 3.38. The van der Waals surface area contributed by atoms with E-state index in [1.807, 2.05) is 6.92 Å². The van der Waals surface area contributed by atoms with Crippen molar-refractivity contribution in [1.29, 1.82) is 0 Å². The van der Waals surface area contributed by atoms with Gasteiger partial charge in [0.15, 0.2) is 29.6 Å². The van der Waals surface area contributed by atoms with E-state index in [1.165, 1.54) is 23.0 Å². The molecular formula is C19H25N5O7. The third-order valence-corrected chi connectivity index (χ3v) is 5.51. The van der Waals surface area contributed by atoms with Crippen LogP contribution in [-0.4, -0.2) is 49.4 Å². The Morgan fingerprint density at radius 3 is 2.42 bits per heavy atom. The van der Waals surface area contributed by atoms with Crippen LogP contribution in [0.3, 0.4) is 0 Å². The number of nitrogens with zero attached hydrogens (tertiary/aromatic N) is 3. The molecule has 12 heteroatoms. The molecule has 0 aromatic carbocycles. The zero-order valence-electron chi connectivity index (χ0n) is 17.5. The van der Waals surface area contributed by atoms with Gasteiger partial charge in [0.2, 0.25) is 5.95 Å². The van der Waals surface area contributed by atoms with Gasteiger partial charge in [-0.05, 0) is 25.2 Å². The van der Waals surface area contributed by atoms with Crippen LogP contribution < -0.4 is 17.0 Å². The van der Waals surface area contributed by atoms with Gasteiger partial charge in [0, 0.05) is 20.4 Å². The highest BCUT2D eigenvalue weighted by Crippen LogP contribution is 2.36. The van der Waals surface area contributed by atoms with Crippen LogP contribution in [0, 0.1) is 5.92 Å². The number of esters is 2. The van der Waals surface area contributed by atoms with Gasteiger partial charge >= 0.3 is 17.6 Å². The molecule has 4 atom stereocenters. The first-order valence-electron chi connectivity index (χ1n) is 10.2. The summed E-state index contributed by atoms with van der Waals surface area (Å²) in [5.74, 6) is -1.08. The van der Waals surface area contributed by atoms with Crippen molar-refractivity contribution in [2.75, 3.05) is 5.73 Å². The molecule has 2 fully saturated rings. The Morgan fingerprint density at radius 2 is 1.84 bits per heavy atom. The minimum Gasteiger partial charge on any atom is -0.456 e. The molecule has 0 unspecified atom stereocenters. The van der Waals surface area contributed by atoms with Crippen LogP contribution in [0.4, 0.5) is 5.95 Å². The maximum atomic E-state index is 13.4. The Bertz CT molecular complexity index is 1140. The Hall–Kier alpha value is -3.15. The lowest BCUT2D eigenvalue weighted by Crippen LogP contribution is -2.40. The number of carbonyl (C=O) groups is 2. The largest absolute Gasteiger partial charge is 0.456 e. The number of anilines is 1. The van der Waals surface area contributed by atoms with Crippen LogP contribution in [0.15, 0.2) is 9.59 Å². The number of hydrogen-bond donors (Lipinski definition) is 2. The standard InChI is InChI=1S/C19H25N5O7/c1-4-11-13(29-8(2)25)14(30-9(3)26)17(31-11)24-15-12(16(27)22-18(20)21-15)23(19(24)28)7-10-5-6-10/h10-11,13-14,17H,4-7H2,1-3H3,(H3,20,21,22,27)/t11-,13+,14-,17-/m1/s1. The van der Waals surface area contributed by atoms with Crippen LogP contribution in [0.25, 0.3) is 11.2 Å². The molecule has 0 radical (unpaired) electrons. The molecule has 0 amide bonds. The molecule has 2 aliphatic rings. The summed E-state index contributed by atoms with van der Waals surface area (Å²) in [6.07, 6.45) is -1.47. The molecule has 31 heavy (non-hydrogen) atoms. The van der Waals surface area contributed by atoms with E-state index in [0.717, 1.165) is 12.8 Å². The van der Waals surface area contributed by atoms with E-state index in [4.69, 9.17) is 19.9 Å². The summed E-state index contributed by atoms with van der Waals surface area (Å²) in [7, 11) is 0. The van der Waals surface area contributed by atoms with E-state index in [2.05, 4.69) is 9.97 Å². The van der Waals surface area contributed by atoms with Gasteiger partial charge in [-0.3, -0.25) is 23.9 Å². The topological polar surface area (TPSA) is 161 Å². The Labute approximate surface area is 176 Å². The lowest BCUT2D eigenvalue weighted by molar-refractivity contribution is -0.165. The summed E-state index contributed by atoms with van der Waals surface area (Å²) in [6, 6.07) is 0. The number of carbonyl (C=O) groups excluding carboxylic acids is 2. The van der Waals surface area contributed by atoms with Gasteiger partial charge < -0.3 is 19.9 Å². The number of ether oxygens (including phenoxy) is 3. The number of hydrogen-bond acceptors (Lipinski definition) is 9. The number of H-pyrrole nitrogens is 1. The molecule has 0 bridgehead atoms. The Balaban J connectivity index is 1.90. The summed E-state index contributed by atoms with van der Waals surface area (Å²) >= 11 is 0. The number of rotatable bonds is 6. The molecule has 3 N–H and O–H groups in total. The molecule has 0 spiro atoms. The van der Waals surface area contributed by atoms with E-state index in [-0.39, 0.29) is 17.1 Å². The van der Waals surface area contributed by atoms with Gasteiger partial charge in [-0.1, -0.05) is 6.92 Å². The van der Waals surface area contributed by atoms with Crippen molar-refractivity contribution in [2.24, 2.45) is 5.92 Å². The summed E-state index contributed by atoms with van der Waals surface area (Å²) in [6.45, 7) is 4.61. The van der Waals surface area contributed by atoms with Crippen molar-refractivity contribution in [1.82, 2.24) is 19.1 Å². The zero-order valence-corrected chi connectivity index (χ0v) is 17.5. The van der Waals surface area contributed by atoms with E-state index in [1.54, 1.807) is 0 Å². The summed E-state index contributed by atoms with van der Waals surface area (Å²) in [5.41, 5.74) is 4.74. The van der Waals surface area contributed by atoms with Crippen LogP contribution in [0.2, 0.25) is 0 Å². The van der Waals surface area contributed by atoms with Crippen LogP contribution in [0.5, 0.6) is 0 Å². The molecule has 168 valence electrons. The lowest BCUT2D eigenvalue weighted by atomic mass is 10.1. The Morgan fingerprint density at radius 1 is 1.19 bits per heavy atom. The maximum Gasteiger partial charge on any atom is 0.332 e. The predicted octanol–water partition coefficient (Wildman–Crippen LogP) is 0.0493. The smallest absolute Gasteiger partial charge is 0.332 e. The van der Waals surface area contributed by atoms with E-state index in [0.29, 0.717) is 18.9 Å². The lowest BCUT2D eigenvalue weighted by Gasteiger charge is -2.23. The monoisotopic (exact) mass is 435 g/mol. The highest BCUT2D eigenvalue weighted by atomic mass is 16.6. The first-order valence-corrected chi connectivity index (χ1v) is 10.2. The fourth-order valence-corrected chi connectivity index (χ4v) is 4.05. The third-order valence-electron chi connectivity index (χ3n) is 5.51. The second kappa shape index (κ2) is 7.84. The highest BCUT2D eigenvalue weighted by molar-refractivity contribution is 5.72. The molecule has 1 saturated carbocycles. The molecule has 12 nitrogen and oxygen atoms in total. The average molecular weight is 435 g/mol. The van der Waals surface area contributed by atoms with Gasteiger partial charge in [0.05, 0.1) is 0 Å².